The van der Waals surface area contributed by atoms with Crippen LogP contribution in [0.4, 0.5) is 0 Å². The van der Waals surface area contributed by atoms with Gasteiger partial charge in [0, 0.05) is 5.92 Å². The zero-order valence-corrected chi connectivity index (χ0v) is 9.21. The van der Waals surface area contributed by atoms with Gasteiger partial charge in [0.15, 0.2) is 0 Å². The average Bonchev–Trinajstić information content (AvgIpc) is 2.18. The van der Waals surface area contributed by atoms with Crippen molar-refractivity contribution >= 4 is 21.9 Å². The van der Waals surface area contributed by atoms with Gasteiger partial charge < -0.3 is 4.74 Å². The van der Waals surface area contributed by atoms with Gasteiger partial charge >= 0.3 is 5.97 Å². The molecule has 0 radical (unpaired) electrons. The lowest BCUT2D eigenvalue weighted by atomic mass is 9.69. The number of fused-ring (bicyclic) bond motifs is 2. The quantitative estimate of drug-likeness (QED) is 0.402. The Kier molecular flexibility index (Phi) is 2.22. The van der Waals surface area contributed by atoms with Gasteiger partial charge in [0.25, 0.3) is 0 Å². The minimum absolute atomic E-state index is 0.119. The third-order valence-corrected chi connectivity index (χ3v) is 4.37. The number of carbonyl (C=O) groups excluding carboxylic acids is 1. The average molecular weight is 245 g/mol. The summed E-state index contributed by atoms with van der Waals surface area (Å²) in [5, 5.41) is 0. The third kappa shape index (κ3) is 1.33. The topological polar surface area (TPSA) is 26.3 Å². The van der Waals surface area contributed by atoms with Crippen LogP contribution in [-0.4, -0.2) is 17.4 Å². The number of methoxy groups -OCH3 is 1. The van der Waals surface area contributed by atoms with Gasteiger partial charge in [-0.1, -0.05) is 28.1 Å². The highest BCUT2D eigenvalue weighted by atomic mass is 79.9. The first-order chi connectivity index (χ1) is 6.16. The Bertz CT molecular complexity index is 262. The summed E-state index contributed by atoms with van der Waals surface area (Å²) >= 11 is 3.55. The van der Waals surface area contributed by atoms with Crippen molar-refractivity contribution in [2.45, 2.75) is 23.6 Å². The fraction of sp³-hybridized carbons (Fsp3) is 0.700. The summed E-state index contributed by atoms with van der Waals surface area (Å²) in [6.07, 6.45) is 7.59. The molecule has 3 aliphatic rings. The van der Waals surface area contributed by atoms with Gasteiger partial charge in [-0.25, -0.2) is 0 Å². The van der Waals surface area contributed by atoms with Crippen molar-refractivity contribution in [3.05, 3.63) is 12.2 Å². The lowest BCUT2D eigenvalue weighted by molar-refractivity contribution is -0.145. The molecule has 13 heavy (non-hydrogen) atoms. The van der Waals surface area contributed by atoms with E-state index in [0.717, 1.165) is 12.8 Å². The molecule has 0 amide bonds. The summed E-state index contributed by atoms with van der Waals surface area (Å²) in [4.78, 5) is 11.6. The predicted octanol–water partition coefficient (Wildman–Crippen LogP) is 2.28. The maximum atomic E-state index is 11.6. The van der Waals surface area contributed by atoms with E-state index in [1.807, 2.05) is 0 Å². The monoisotopic (exact) mass is 244 g/mol. The molecule has 1 saturated carbocycles. The van der Waals surface area contributed by atoms with Crippen molar-refractivity contribution in [3.63, 3.8) is 0 Å². The molecule has 0 spiro atoms. The lowest BCUT2D eigenvalue weighted by Gasteiger charge is -2.42. The summed E-state index contributed by atoms with van der Waals surface area (Å²) in [5.41, 5.74) is 0. The molecule has 0 saturated heterocycles. The van der Waals surface area contributed by atoms with Crippen LogP contribution in [0.2, 0.25) is 0 Å². The number of alkyl halides is 1. The Morgan fingerprint density at radius 2 is 2.31 bits per heavy atom. The van der Waals surface area contributed by atoms with Gasteiger partial charge in [0.05, 0.1) is 7.11 Å². The molecule has 2 bridgehead atoms. The van der Waals surface area contributed by atoms with Crippen LogP contribution >= 0.6 is 15.9 Å². The van der Waals surface area contributed by atoms with Gasteiger partial charge in [-0.2, -0.15) is 0 Å². The van der Waals surface area contributed by atoms with Crippen molar-refractivity contribution in [3.8, 4) is 0 Å². The van der Waals surface area contributed by atoms with Crippen LogP contribution in [0.5, 0.6) is 0 Å². The van der Waals surface area contributed by atoms with Crippen LogP contribution in [0, 0.1) is 11.8 Å². The molecule has 72 valence electrons. The highest BCUT2D eigenvalue weighted by Crippen LogP contribution is 2.48. The zero-order chi connectivity index (χ0) is 9.47. The SMILES string of the molecule is COC(=O)[C@]1(Br)C[C@H]2C=C[C@@H]1CC2. The number of carbonyl (C=O) groups is 1. The highest BCUT2D eigenvalue weighted by molar-refractivity contribution is 9.10. The summed E-state index contributed by atoms with van der Waals surface area (Å²) in [7, 11) is 1.46. The third-order valence-electron chi connectivity index (χ3n) is 3.14. The Morgan fingerprint density at radius 1 is 1.54 bits per heavy atom. The van der Waals surface area contributed by atoms with E-state index in [2.05, 4.69) is 28.1 Å². The van der Waals surface area contributed by atoms with E-state index in [9.17, 15) is 4.79 Å². The zero-order valence-electron chi connectivity index (χ0n) is 7.63. The minimum atomic E-state index is -0.431. The van der Waals surface area contributed by atoms with Gasteiger partial charge in [-0.05, 0) is 25.2 Å². The number of halogens is 1. The van der Waals surface area contributed by atoms with E-state index in [-0.39, 0.29) is 5.97 Å². The lowest BCUT2D eigenvalue weighted by Crippen LogP contribution is -2.46. The van der Waals surface area contributed by atoms with Crippen LogP contribution in [0.25, 0.3) is 0 Å². The summed E-state index contributed by atoms with van der Waals surface area (Å²) in [6, 6.07) is 0. The second-order valence-corrected chi connectivity index (χ2v) is 5.30. The number of ether oxygens (including phenoxy) is 1. The Hall–Kier alpha value is -0.310. The maximum Gasteiger partial charge on any atom is 0.323 e. The first kappa shape index (κ1) is 9.25. The summed E-state index contributed by atoms with van der Waals surface area (Å²) in [6.45, 7) is 0. The molecule has 3 atom stereocenters. The fourth-order valence-electron chi connectivity index (χ4n) is 2.37. The van der Waals surface area contributed by atoms with E-state index >= 15 is 0 Å². The van der Waals surface area contributed by atoms with E-state index < -0.39 is 4.32 Å². The molecule has 3 aliphatic carbocycles. The molecule has 1 fully saturated rings. The van der Waals surface area contributed by atoms with Gasteiger partial charge in [-0.15, -0.1) is 0 Å². The Labute approximate surface area is 86.5 Å². The van der Waals surface area contributed by atoms with Crippen molar-refractivity contribution in [1.29, 1.82) is 0 Å². The molecule has 2 nitrogen and oxygen atoms in total. The van der Waals surface area contributed by atoms with Gasteiger partial charge in [-0.3, -0.25) is 4.79 Å². The van der Waals surface area contributed by atoms with Crippen molar-refractivity contribution in [2.75, 3.05) is 7.11 Å². The van der Waals surface area contributed by atoms with Crippen LogP contribution in [0.3, 0.4) is 0 Å². The molecular weight excluding hydrogens is 232 g/mol. The Morgan fingerprint density at radius 3 is 2.69 bits per heavy atom. The molecule has 0 aromatic rings. The van der Waals surface area contributed by atoms with E-state index in [0.29, 0.717) is 11.8 Å². The first-order valence-electron chi connectivity index (χ1n) is 4.62. The van der Waals surface area contributed by atoms with Gasteiger partial charge in [0.1, 0.15) is 4.32 Å². The molecule has 3 rings (SSSR count). The second-order valence-electron chi connectivity index (χ2n) is 3.89. The highest BCUT2D eigenvalue weighted by Gasteiger charge is 2.49. The summed E-state index contributed by atoms with van der Waals surface area (Å²) < 4.78 is 4.39. The van der Waals surface area contributed by atoms with Crippen molar-refractivity contribution in [1.82, 2.24) is 0 Å². The van der Waals surface area contributed by atoms with E-state index in [4.69, 9.17) is 4.74 Å². The minimum Gasteiger partial charge on any atom is -0.468 e. The molecule has 0 aromatic heterocycles. The molecule has 3 heteroatoms. The van der Waals surface area contributed by atoms with E-state index in [1.54, 1.807) is 0 Å². The largest absolute Gasteiger partial charge is 0.468 e. The van der Waals surface area contributed by atoms with Crippen LogP contribution < -0.4 is 0 Å². The van der Waals surface area contributed by atoms with E-state index in [1.165, 1.54) is 13.5 Å². The number of hydrogen-bond acceptors (Lipinski definition) is 2. The number of allylic oxidation sites excluding steroid dienone is 2. The molecule has 0 heterocycles. The number of rotatable bonds is 1. The summed E-state index contributed by atoms with van der Waals surface area (Å²) in [5.74, 6) is 0.764. The normalized spacial score (nSPS) is 42.0. The second kappa shape index (κ2) is 3.12. The molecular formula is C10H13BrO2. The van der Waals surface area contributed by atoms with Crippen LogP contribution in [0.15, 0.2) is 12.2 Å². The van der Waals surface area contributed by atoms with Crippen molar-refractivity contribution in [2.24, 2.45) is 11.8 Å². The number of hydrogen-bond donors (Lipinski definition) is 0. The smallest absolute Gasteiger partial charge is 0.323 e. The fourth-order valence-corrected chi connectivity index (χ4v) is 3.33. The number of esters is 1. The van der Waals surface area contributed by atoms with Crippen molar-refractivity contribution < 1.29 is 9.53 Å². The predicted molar refractivity (Wildman–Crippen MR) is 53.6 cm³/mol. The maximum absolute atomic E-state index is 11.6. The van der Waals surface area contributed by atoms with Crippen LogP contribution in [0.1, 0.15) is 19.3 Å². The van der Waals surface area contributed by atoms with Crippen LogP contribution in [-0.2, 0) is 9.53 Å². The molecule has 0 unspecified atom stereocenters. The Balaban J connectivity index is 2.25. The van der Waals surface area contributed by atoms with Gasteiger partial charge in [0.2, 0.25) is 0 Å². The molecule has 0 aliphatic heterocycles. The standard InChI is InChI=1S/C10H13BrO2/c1-13-9(12)10(11)6-7-2-4-8(10)5-3-7/h2,4,7-8H,3,5-6H2,1H3/t7-,8+,10-/m0/s1. The molecule has 0 N–H and O–H groups in total. The first-order valence-corrected chi connectivity index (χ1v) is 5.42. The molecule has 0 aromatic carbocycles.